The average Bonchev–Trinajstić information content (AvgIpc) is 3.19. The molecule has 3 rings (SSSR count). The molecule has 1 aliphatic rings. The van der Waals surface area contributed by atoms with Crippen molar-refractivity contribution in [2.75, 3.05) is 13.1 Å². The Kier molecular flexibility index (Phi) is 6.00. The SMILES string of the molecule is Cn1nc(CSc2nnc(C3CCCN(C(=O)OC(C)(C)C)C3)o2)cc1Cl. The highest BCUT2D eigenvalue weighted by molar-refractivity contribution is 7.98. The molecule has 1 saturated heterocycles. The van der Waals surface area contributed by atoms with Crippen LogP contribution in [0.1, 0.15) is 51.1 Å². The maximum Gasteiger partial charge on any atom is 0.410 e. The summed E-state index contributed by atoms with van der Waals surface area (Å²) >= 11 is 7.41. The van der Waals surface area contributed by atoms with Crippen LogP contribution in [0.25, 0.3) is 0 Å². The summed E-state index contributed by atoms with van der Waals surface area (Å²) in [6, 6.07) is 1.81. The fourth-order valence-corrected chi connectivity index (χ4v) is 3.64. The van der Waals surface area contributed by atoms with Gasteiger partial charge in [0.2, 0.25) is 5.89 Å². The van der Waals surface area contributed by atoms with Gasteiger partial charge in [-0.1, -0.05) is 23.4 Å². The molecule has 1 atom stereocenters. The molecular weight excluding hydrogens is 390 g/mol. The maximum absolute atomic E-state index is 12.3. The molecule has 1 unspecified atom stereocenters. The largest absolute Gasteiger partial charge is 0.444 e. The minimum absolute atomic E-state index is 0.0254. The van der Waals surface area contributed by atoms with Gasteiger partial charge in [-0.2, -0.15) is 5.10 Å². The normalized spacial score (nSPS) is 18.0. The Morgan fingerprint density at radius 1 is 1.44 bits per heavy atom. The van der Waals surface area contributed by atoms with Crippen LogP contribution >= 0.6 is 23.4 Å². The molecule has 3 heterocycles. The highest BCUT2D eigenvalue weighted by Crippen LogP contribution is 2.30. The van der Waals surface area contributed by atoms with Crippen molar-refractivity contribution in [2.24, 2.45) is 7.05 Å². The molecule has 0 aromatic carbocycles. The lowest BCUT2D eigenvalue weighted by Gasteiger charge is -2.32. The van der Waals surface area contributed by atoms with Gasteiger partial charge in [0.25, 0.3) is 5.22 Å². The first kappa shape index (κ1) is 20.0. The van der Waals surface area contributed by atoms with Crippen molar-refractivity contribution < 1.29 is 13.9 Å². The summed E-state index contributed by atoms with van der Waals surface area (Å²) < 4.78 is 12.9. The number of carbonyl (C=O) groups is 1. The van der Waals surface area contributed by atoms with Gasteiger partial charge in [-0.3, -0.25) is 4.68 Å². The first-order valence-electron chi connectivity index (χ1n) is 8.84. The summed E-state index contributed by atoms with van der Waals surface area (Å²) in [5.74, 6) is 1.18. The van der Waals surface area contributed by atoms with E-state index in [9.17, 15) is 4.79 Å². The minimum Gasteiger partial charge on any atom is -0.444 e. The van der Waals surface area contributed by atoms with E-state index in [1.807, 2.05) is 26.8 Å². The van der Waals surface area contributed by atoms with Gasteiger partial charge >= 0.3 is 6.09 Å². The van der Waals surface area contributed by atoms with Crippen LogP contribution < -0.4 is 0 Å². The highest BCUT2D eigenvalue weighted by atomic mass is 35.5. The Hall–Kier alpha value is -1.74. The van der Waals surface area contributed by atoms with Gasteiger partial charge in [0.15, 0.2) is 0 Å². The van der Waals surface area contributed by atoms with Crippen molar-refractivity contribution in [3.63, 3.8) is 0 Å². The lowest BCUT2D eigenvalue weighted by atomic mass is 9.98. The molecule has 1 aliphatic heterocycles. The van der Waals surface area contributed by atoms with Crippen molar-refractivity contribution in [2.45, 2.75) is 56.1 Å². The summed E-state index contributed by atoms with van der Waals surface area (Å²) in [5, 5.41) is 13.7. The number of nitrogens with zero attached hydrogens (tertiary/aromatic N) is 5. The molecule has 27 heavy (non-hydrogen) atoms. The quantitative estimate of drug-likeness (QED) is 0.703. The van der Waals surface area contributed by atoms with E-state index < -0.39 is 5.60 Å². The lowest BCUT2D eigenvalue weighted by molar-refractivity contribution is 0.0189. The van der Waals surface area contributed by atoms with E-state index >= 15 is 0 Å². The topological polar surface area (TPSA) is 86.3 Å². The van der Waals surface area contributed by atoms with Crippen LogP contribution in [0.5, 0.6) is 0 Å². The molecule has 148 valence electrons. The molecule has 0 spiro atoms. The second-order valence-electron chi connectivity index (χ2n) is 7.54. The molecular formula is C17H24ClN5O3S. The van der Waals surface area contributed by atoms with Crippen LogP contribution in [0.2, 0.25) is 5.15 Å². The standard InChI is InChI=1S/C17H24ClN5O3S/c1-17(2,3)26-16(24)23-7-5-6-11(9-23)14-19-20-15(25-14)27-10-12-8-13(18)22(4)21-12/h8,11H,5-7,9-10H2,1-4H3. The van der Waals surface area contributed by atoms with Gasteiger partial charge in [-0.25, -0.2) is 4.79 Å². The Labute approximate surface area is 167 Å². The van der Waals surface area contributed by atoms with E-state index in [1.165, 1.54) is 11.8 Å². The zero-order chi connectivity index (χ0) is 19.6. The van der Waals surface area contributed by atoms with Crippen molar-refractivity contribution in [3.05, 3.63) is 22.8 Å². The number of aromatic nitrogens is 4. The first-order valence-corrected chi connectivity index (χ1v) is 10.2. The van der Waals surface area contributed by atoms with Gasteiger partial charge in [0, 0.05) is 25.9 Å². The van der Waals surface area contributed by atoms with Crippen molar-refractivity contribution in [1.82, 2.24) is 24.9 Å². The molecule has 2 aromatic heterocycles. The minimum atomic E-state index is -0.507. The number of carbonyl (C=O) groups excluding carboxylic acids is 1. The zero-order valence-corrected chi connectivity index (χ0v) is 17.5. The van der Waals surface area contributed by atoms with Gasteiger partial charge in [-0.05, 0) is 39.7 Å². The van der Waals surface area contributed by atoms with E-state index in [0.717, 1.165) is 18.5 Å². The Bertz CT molecular complexity index is 781. The number of thioether (sulfide) groups is 1. The molecule has 0 aliphatic carbocycles. The molecule has 0 N–H and O–H groups in total. The van der Waals surface area contributed by atoms with Gasteiger partial charge in [-0.15, -0.1) is 10.2 Å². The van der Waals surface area contributed by atoms with Crippen LogP contribution in [0, 0.1) is 0 Å². The van der Waals surface area contributed by atoms with Crippen LogP contribution in [0.4, 0.5) is 4.79 Å². The van der Waals surface area contributed by atoms with Crippen molar-refractivity contribution in [3.8, 4) is 0 Å². The molecule has 0 radical (unpaired) electrons. The number of hydrogen-bond donors (Lipinski definition) is 0. The number of rotatable bonds is 4. The fraction of sp³-hybridized carbons (Fsp3) is 0.647. The van der Waals surface area contributed by atoms with Gasteiger partial charge in [0.05, 0.1) is 11.6 Å². The summed E-state index contributed by atoms with van der Waals surface area (Å²) in [4.78, 5) is 14.0. The maximum atomic E-state index is 12.3. The molecule has 1 amide bonds. The van der Waals surface area contributed by atoms with E-state index in [0.29, 0.717) is 35.1 Å². The smallest absolute Gasteiger partial charge is 0.410 e. The van der Waals surface area contributed by atoms with Crippen molar-refractivity contribution >= 4 is 29.5 Å². The third-order valence-corrected chi connectivity index (χ3v) is 5.27. The van der Waals surface area contributed by atoms with Crippen molar-refractivity contribution in [1.29, 1.82) is 0 Å². The van der Waals surface area contributed by atoms with E-state index in [1.54, 1.807) is 16.6 Å². The Balaban J connectivity index is 1.57. The number of aryl methyl sites for hydroxylation is 1. The summed E-state index contributed by atoms with van der Waals surface area (Å²) in [6.07, 6.45) is 1.48. The number of hydrogen-bond acceptors (Lipinski definition) is 7. The highest BCUT2D eigenvalue weighted by Gasteiger charge is 2.31. The second kappa shape index (κ2) is 8.10. The average molecular weight is 414 g/mol. The van der Waals surface area contributed by atoms with Crippen LogP contribution in [-0.2, 0) is 17.5 Å². The van der Waals surface area contributed by atoms with Crippen LogP contribution in [0.15, 0.2) is 15.7 Å². The number of ether oxygens (including phenoxy) is 1. The third kappa shape index (κ3) is 5.38. The summed E-state index contributed by atoms with van der Waals surface area (Å²) in [7, 11) is 1.79. The molecule has 8 nitrogen and oxygen atoms in total. The van der Waals surface area contributed by atoms with E-state index in [4.69, 9.17) is 20.8 Å². The first-order chi connectivity index (χ1) is 12.7. The second-order valence-corrected chi connectivity index (χ2v) is 8.86. The molecule has 2 aromatic rings. The lowest BCUT2D eigenvalue weighted by Crippen LogP contribution is -2.42. The van der Waals surface area contributed by atoms with Gasteiger partial charge < -0.3 is 14.1 Å². The predicted octanol–water partition coefficient (Wildman–Crippen LogP) is 3.86. The molecule has 10 heteroatoms. The van der Waals surface area contributed by atoms with Crippen LogP contribution in [-0.4, -0.2) is 49.7 Å². The fourth-order valence-electron chi connectivity index (χ4n) is 2.82. The number of amides is 1. The monoisotopic (exact) mass is 413 g/mol. The third-order valence-electron chi connectivity index (χ3n) is 4.06. The van der Waals surface area contributed by atoms with E-state index in [2.05, 4.69) is 15.3 Å². The predicted molar refractivity (Wildman–Crippen MR) is 102 cm³/mol. The zero-order valence-electron chi connectivity index (χ0n) is 15.9. The number of halogens is 1. The van der Waals surface area contributed by atoms with Crippen LogP contribution in [0.3, 0.4) is 0 Å². The molecule has 0 bridgehead atoms. The number of piperidine rings is 1. The van der Waals surface area contributed by atoms with Gasteiger partial charge in [0.1, 0.15) is 10.8 Å². The van der Waals surface area contributed by atoms with E-state index in [-0.39, 0.29) is 12.0 Å². The Morgan fingerprint density at radius 3 is 2.89 bits per heavy atom. The number of likely N-dealkylation sites (tertiary alicyclic amines) is 1. The summed E-state index contributed by atoms with van der Waals surface area (Å²) in [6.45, 7) is 6.80. The summed E-state index contributed by atoms with van der Waals surface area (Å²) in [5.41, 5.74) is 0.341. The Morgan fingerprint density at radius 2 is 2.22 bits per heavy atom. The molecule has 1 fully saturated rings. The molecule has 0 saturated carbocycles.